The number of anilines is 1. The molecule has 29 heavy (non-hydrogen) atoms. The van der Waals surface area contributed by atoms with Gasteiger partial charge < -0.3 is 20.9 Å². The van der Waals surface area contributed by atoms with E-state index < -0.39 is 0 Å². The molecule has 3 rings (SSSR count). The normalized spacial score (nSPS) is 16.0. The largest absolute Gasteiger partial charge is 0.353 e. The van der Waals surface area contributed by atoms with Gasteiger partial charge in [0.15, 0.2) is 0 Å². The van der Waals surface area contributed by atoms with Crippen LogP contribution in [0.5, 0.6) is 0 Å². The minimum Gasteiger partial charge on any atom is -0.353 e. The fourth-order valence-electron chi connectivity index (χ4n) is 3.42. The summed E-state index contributed by atoms with van der Waals surface area (Å²) in [6.45, 7) is 3.85. The van der Waals surface area contributed by atoms with E-state index in [1.165, 1.54) is 0 Å². The maximum absolute atomic E-state index is 12.7. The lowest BCUT2D eigenvalue weighted by Crippen LogP contribution is -2.44. The van der Waals surface area contributed by atoms with E-state index in [2.05, 4.69) is 5.32 Å². The van der Waals surface area contributed by atoms with Gasteiger partial charge >= 0.3 is 0 Å². The van der Waals surface area contributed by atoms with Crippen molar-refractivity contribution in [3.05, 3.63) is 64.7 Å². The summed E-state index contributed by atoms with van der Waals surface area (Å²) < 4.78 is 0. The van der Waals surface area contributed by atoms with E-state index in [1.807, 2.05) is 54.3 Å². The first-order valence-corrected chi connectivity index (χ1v) is 10.1. The van der Waals surface area contributed by atoms with Gasteiger partial charge in [-0.05, 0) is 48.7 Å². The van der Waals surface area contributed by atoms with Gasteiger partial charge in [-0.2, -0.15) is 0 Å². The van der Waals surface area contributed by atoms with E-state index in [9.17, 15) is 9.59 Å². The highest BCUT2D eigenvalue weighted by Gasteiger charge is 2.25. The molecular formula is C22H27ClN4O2. The molecule has 3 N–H and O–H groups in total. The van der Waals surface area contributed by atoms with Crippen LogP contribution in [0.15, 0.2) is 48.5 Å². The van der Waals surface area contributed by atoms with Crippen LogP contribution in [0.4, 0.5) is 5.69 Å². The lowest BCUT2D eigenvalue weighted by Gasteiger charge is -2.26. The van der Waals surface area contributed by atoms with Crippen LogP contribution >= 0.6 is 11.6 Å². The van der Waals surface area contributed by atoms with Crippen molar-refractivity contribution in [2.75, 3.05) is 31.1 Å². The van der Waals surface area contributed by atoms with Crippen molar-refractivity contribution in [3.8, 4) is 0 Å². The number of nitrogens with two attached hydrogens (primary N) is 1. The number of carbonyl (C=O) groups excluding carboxylic acids is 2. The molecular weight excluding hydrogens is 388 g/mol. The number of amides is 2. The summed E-state index contributed by atoms with van der Waals surface area (Å²) >= 11 is 6.00. The summed E-state index contributed by atoms with van der Waals surface area (Å²) in [6, 6.07) is 15.2. The number of nitrogens with zero attached hydrogens (tertiary/aromatic N) is 2. The van der Waals surface area contributed by atoms with Crippen LogP contribution in [0.3, 0.4) is 0 Å². The van der Waals surface area contributed by atoms with Crippen molar-refractivity contribution >= 4 is 29.1 Å². The fourth-order valence-corrected chi connectivity index (χ4v) is 3.63. The molecule has 1 aliphatic rings. The molecule has 0 radical (unpaired) electrons. The van der Waals surface area contributed by atoms with E-state index in [4.69, 9.17) is 17.3 Å². The highest BCUT2D eigenvalue weighted by Crippen LogP contribution is 2.17. The number of halogens is 1. The van der Waals surface area contributed by atoms with Crippen LogP contribution in [0, 0.1) is 6.92 Å². The Balaban J connectivity index is 1.65. The third-order valence-corrected chi connectivity index (χ3v) is 5.22. The molecule has 7 heteroatoms. The van der Waals surface area contributed by atoms with Crippen LogP contribution in [0.2, 0.25) is 5.02 Å². The standard InChI is InChI=1S/C22H27ClN4O2/c1-16-4-2-7-20(10-16)27(15-22(29)26-9-8-19(24)13-26)14-21(28)25-12-17-5-3-6-18(23)11-17/h2-7,10-11,19H,8-9,12-15,24H2,1H3,(H,25,28). The SMILES string of the molecule is Cc1cccc(N(CC(=O)NCc2cccc(Cl)c2)CC(=O)N2CCC(N)C2)c1. The zero-order chi connectivity index (χ0) is 20.8. The lowest BCUT2D eigenvalue weighted by molar-refractivity contribution is -0.128. The zero-order valence-electron chi connectivity index (χ0n) is 16.6. The molecule has 1 heterocycles. The Labute approximate surface area is 176 Å². The van der Waals surface area contributed by atoms with Gasteiger partial charge in [-0.25, -0.2) is 0 Å². The van der Waals surface area contributed by atoms with Gasteiger partial charge in [0.1, 0.15) is 0 Å². The topological polar surface area (TPSA) is 78.7 Å². The summed E-state index contributed by atoms with van der Waals surface area (Å²) in [7, 11) is 0. The van der Waals surface area contributed by atoms with Crippen LogP contribution in [-0.2, 0) is 16.1 Å². The van der Waals surface area contributed by atoms with Crippen molar-refractivity contribution in [2.24, 2.45) is 5.73 Å². The Hall–Kier alpha value is -2.57. The number of hydrogen-bond acceptors (Lipinski definition) is 4. The van der Waals surface area contributed by atoms with Gasteiger partial charge in [0, 0.05) is 36.4 Å². The van der Waals surface area contributed by atoms with E-state index in [1.54, 1.807) is 11.0 Å². The second kappa shape index (κ2) is 9.76. The quantitative estimate of drug-likeness (QED) is 0.728. The van der Waals surface area contributed by atoms with Gasteiger partial charge in [-0.3, -0.25) is 9.59 Å². The molecule has 1 saturated heterocycles. The fraction of sp³-hybridized carbons (Fsp3) is 0.364. The highest BCUT2D eigenvalue weighted by atomic mass is 35.5. The van der Waals surface area contributed by atoms with E-state index >= 15 is 0 Å². The second-order valence-corrected chi connectivity index (χ2v) is 7.93. The third kappa shape index (κ3) is 6.21. The maximum atomic E-state index is 12.7. The first kappa shape index (κ1) is 21.1. The predicted octanol–water partition coefficient (Wildman–Crippen LogP) is 2.33. The molecule has 0 bridgehead atoms. The monoisotopic (exact) mass is 414 g/mol. The van der Waals surface area contributed by atoms with Gasteiger partial charge in [0.05, 0.1) is 13.1 Å². The number of carbonyl (C=O) groups is 2. The summed E-state index contributed by atoms with van der Waals surface area (Å²) in [6.07, 6.45) is 0.816. The number of benzene rings is 2. The van der Waals surface area contributed by atoms with Crippen molar-refractivity contribution < 1.29 is 9.59 Å². The lowest BCUT2D eigenvalue weighted by atomic mass is 10.2. The molecule has 0 saturated carbocycles. The molecule has 1 aliphatic heterocycles. The number of likely N-dealkylation sites (tertiary alicyclic amines) is 1. The Bertz CT molecular complexity index is 873. The number of hydrogen-bond donors (Lipinski definition) is 2. The molecule has 0 aliphatic carbocycles. The molecule has 2 aromatic carbocycles. The molecule has 0 spiro atoms. The molecule has 6 nitrogen and oxygen atoms in total. The number of rotatable bonds is 7. The van der Waals surface area contributed by atoms with Crippen molar-refractivity contribution in [2.45, 2.75) is 25.9 Å². The Kier molecular flexibility index (Phi) is 7.12. The third-order valence-electron chi connectivity index (χ3n) is 4.98. The molecule has 1 fully saturated rings. The Morgan fingerprint density at radius 2 is 2.00 bits per heavy atom. The zero-order valence-corrected chi connectivity index (χ0v) is 17.4. The van der Waals surface area contributed by atoms with Crippen molar-refractivity contribution in [1.29, 1.82) is 0 Å². The Morgan fingerprint density at radius 3 is 2.69 bits per heavy atom. The van der Waals surface area contributed by atoms with Gasteiger partial charge in [-0.1, -0.05) is 35.9 Å². The van der Waals surface area contributed by atoms with Gasteiger partial charge in [0.25, 0.3) is 0 Å². The smallest absolute Gasteiger partial charge is 0.242 e. The van der Waals surface area contributed by atoms with Gasteiger partial charge in [-0.15, -0.1) is 0 Å². The maximum Gasteiger partial charge on any atom is 0.242 e. The summed E-state index contributed by atoms with van der Waals surface area (Å²) in [4.78, 5) is 28.9. The molecule has 1 atom stereocenters. The summed E-state index contributed by atoms with van der Waals surface area (Å²) in [5.74, 6) is -0.167. The molecule has 2 aromatic rings. The van der Waals surface area contributed by atoms with Crippen LogP contribution in [0.1, 0.15) is 17.5 Å². The average Bonchev–Trinajstić information content (AvgIpc) is 3.12. The van der Waals surface area contributed by atoms with Crippen LogP contribution < -0.4 is 16.0 Å². The molecule has 154 valence electrons. The Morgan fingerprint density at radius 1 is 1.21 bits per heavy atom. The van der Waals surface area contributed by atoms with E-state index in [-0.39, 0.29) is 30.9 Å². The van der Waals surface area contributed by atoms with Crippen LogP contribution in [-0.4, -0.2) is 48.9 Å². The highest BCUT2D eigenvalue weighted by molar-refractivity contribution is 6.30. The first-order valence-electron chi connectivity index (χ1n) is 9.77. The van der Waals surface area contributed by atoms with Crippen molar-refractivity contribution in [1.82, 2.24) is 10.2 Å². The number of nitrogens with one attached hydrogen (secondary N) is 1. The molecule has 1 unspecified atom stereocenters. The van der Waals surface area contributed by atoms with Crippen LogP contribution in [0.25, 0.3) is 0 Å². The van der Waals surface area contributed by atoms with E-state index in [0.29, 0.717) is 24.7 Å². The van der Waals surface area contributed by atoms with E-state index in [0.717, 1.165) is 23.2 Å². The average molecular weight is 415 g/mol. The minimum atomic E-state index is -0.155. The van der Waals surface area contributed by atoms with Crippen molar-refractivity contribution in [3.63, 3.8) is 0 Å². The second-order valence-electron chi connectivity index (χ2n) is 7.49. The molecule has 2 amide bonds. The first-order chi connectivity index (χ1) is 13.9. The number of aryl methyl sites for hydroxylation is 1. The molecule has 0 aromatic heterocycles. The van der Waals surface area contributed by atoms with Gasteiger partial charge in [0.2, 0.25) is 11.8 Å². The predicted molar refractivity (Wildman–Crippen MR) is 116 cm³/mol. The summed E-state index contributed by atoms with van der Waals surface area (Å²) in [5, 5.41) is 3.54. The minimum absolute atomic E-state index is 0.0119. The summed E-state index contributed by atoms with van der Waals surface area (Å²) in [5.41, 5.74) is 8.77.